The van der Waals surface area contributed by atoms with Gasteiger partial charge in [-0.1, -0.05) is 41.0 Å². The molecular formula is C27H41N6O9P. The van der Waals surface area contributed by atoms with Crippen LogP contribution in [0.2, 0.25) is 0 Å². The fraction of sp³-hybridized carbons (Fsp3) is 0.630. The molecule has 2 aromatic heterocycles. The molecule has 0 saturated carbocycles. The van der Waals surface area contributed by atoms with Crippen LogP contribution in [-0.4, -0.2) is 70.6 Å². The minimum absolute atomic E-state index is 0.125. The molecule has 238 valence electrons. The molecule has 2 rings (SSSR count). The number of methoxy groups -OCH3 is 1. The Bertz CT molecular complexity index is 1330. The molecule has 0 radical (unpaired) electrons. The molecule has 0 fully saturated rings. The Balaban J connectivity index is 2.52. The van der Waals surface area contributed by atoms with Gasteiger partial charge in [-0.2, -0.15) is 10.4 Å². The molecule has 0 aliphatic heterocycles. The summed E-state index contributed by atoms with van der Waals surface area (Å²) in [5.74, 6) is -3.18. The highest BCUT2D eigenvalue weighted by atomic mass is 31.1. The zero-order valence-electron chi connectivity index (χ0n) is 25.5. The molecule has 0 spiro atoms. The van der Waals surface area contributed by atoms with E-state index in [1.165, 1.54) is 30.9 Å². The first-order chi connectivity index (χ1) is 20.3. The number of nitrogen functional groups attached to an aromatic ring is 1. The summed E-state index contributed by atoms with van der Waals surface area (Å²) in [4.78, 5) is 42.1. The van der Waals surface area contributed by atoms with E-state index in [9.17, 15) is 24.2 Å². The monoisotopic (exact) mass is 624 g/mol. The number of hydrogen-bond donors (Lipinski definition) is 2. The van der Waals surface area contributed by atoms with E-state index in [2.05, 4.69) is 15.2 Å². The second-order valence-corrected chi connectivity index (χ2v) is 11.5. The van der Waals surface area contributed by atoms with Crippen LogP contribution in [-0.2, 0) is 42.4 Å². The molecule has 3 N–H and O–H groups in total. The van der Waals surface area contributed by atoms with Gasteiger partial charge in [-0.25, -0.2) is 14.6 Å². The number of fused-ring (bicyclic) bond motifs is 1. The lowest BCUT2D eigenvalue weighted by atomic mass is 9.92. The molecule has 0 bridgehead atoms. The van der Waals surface area contributed by atoms with Crippen molar-refractivity contribution >= 4 is 37.4 Å². The van der Waals surface area contributed by atoms with Gasteiger partial charge in [0.05, 0.1) is 24.1 Å². The van der Waals surface area contributed by atoms with Crippen LogP contribution in [0.25, 0.3) is 5.52 Å². The quantitative estimate of drug-likeness (QED) is 0.112. The Kier molecular flexibility index (Phi) is 13.5. The molecule has 0 aromatic carbocycles. The van der Waals surface area contributed by atoms with E-state index in [1.54, 1.807) is 33.8 Å². The Hall–Kier alpha value is -3.57. The predicted octanol–water partition coefficient (Wildman–Crippen LogP) is 2.76. The third-order valence-electron chi connectivity index (χ3n) is 6.37. The summed E-state index contributed by atoms with van der Waals surface area (Å²) < 4.78 is 42.0. The molecule has 2 aromatic rings. The number of nitriles is 1. The van der Waals surface area contributed by atoms with Crippen molar-refractivity contribution in [3.63, 3.8) is 0 Å². The molecule has 2 heterocycles. The number of nitrogens with zero attached hydrogens (tertiary/aromatic N) is 4. The number of unbranched alkanes of at least 4 members (excludes halogenated alkanes) is 1. The Morgan fingerprint density at radius 2 is 1.77 bits per heavy atom. The SMILES string of the molecule is CCCCOC(=O)[C@H](C)N[PH](=O)OC[C@@](C#N)(OC)[C@@H](OC(=O)C(C)C)[C@@H](OC(=O)C(C)C)c1ccc2c(N)ncnn12. The van der Waals surface area contributed by atoms with E-state index in [0.29, 0.717) is 11.9 Å². The third kappa shape index (κ3) is 9.21. The second-order valence-electron chi connectivity index (χ2n) is 10.4. The van der Waals surface area contributed by atoms with Gasteiger partial charge in [0.2, 0.25) is 5.60 Å². The van der Waals surface area contributed by atoms with Crippen molar-refractivity contribution in [2.24, 2.45) is 11.8 Å². The average Bonchev–Trinajstić information content (AvgIpc) is 3.41. The Morgan fingerprint density at radius 3 is 2.35 bits per heavy atom. The molecule has 0 amide bonds. The average molecular weight is 625 g/mol. The van der Waals surface area contributed by atoms with Gasteiger partial charge in [0.1, 0.15) is 30.6 Å². The number of ether oxygens (including phenoxy) is 4. The van der Waals surface area contributed by atoms with Gasteiger partial charge in [-0.05, 0) is 25.5 Å². The summed E-state index contributed by atoms with van der Waals surface area (Å²) >= 11 is 0. The lowest BCUT2D eigenvalue weighted by Gasteiger charge is -2.37. The van der Waals surface area contributed by atoms with Gasteiger partial charge in [0, 0.05) is 7.11 Å². The van der Waals surface area contributed by atoms with Crippen molar-refractivity contribution in [2.45, 2.75) is 78.2 Å². The highest BCUT2D eigenvalue weighted by Crippen LogP contribution is 2.37. The van der Waals surface area contributed by atoms with Gasteiger partial charge in [0.25, 0.3) is 8.18 Å². The van der Waals surface area contributed by atoms with Gasteiger partial charge >= 0.3 is 17.9 Å². The highest BCUT2D eigenvalue weighted by molar-refractivity contribution is 7.36. The zero-order valence-corrected chi connectivity index (χ0v) is 26.5. The first-order valence-corrected chi connectivity index (χ1v) is 15.2. The van der Waals surface area contributed by atoms with Crippen LogP contribution in [0.4, 0.5) is 5.82 Å². The zero-order chi connectivity index (χ0) is 32.3. The molecule has 0 aliphatic carbocycles. The number of nitrogens with one attached hydrogen (secondary N) is 1. The lowest BCUT2D eigenvalue weighted by molar-refractivity contribution is -0.197. The van der Waals surface area contributed by atoms with Gasteiger partial charge in [-0.15, -0.1) is 0 Å². The number of carbonyl (C=O) groups is 3. The van der Waals surface area contributed by atoms with E-state index in [0.717, 1.165) is 6.42 Å². The van der Waals surface area contributed by atoms with Crippen molar-refractivity contribution in [3.05, 3.63) is 24.2 Å². The van der Waals surface area contributed by atoms with Crippen LogP contribution in [0.5, 0.6) is 0 Å². The summed E-state index contributed by atoms with van der Waals surface area (Å²) in [6, 6.07) is 4.08. The normalized spacial score (nSPS) is 15.7. The maximum Gasteiger partial charge on any atom is 0.323 e. The van der Waals surface area contributed by atoms with Crippen molar-refractivity contribution < 1.29 is 42.4 Å². The van der Waals surface area contributed by atoms with Crippen LogP contribution >= 0.6 is 8.18 Å². The fourth-order valence-corrected chi connectivity index (χ4v) is 4.58. The van der Waals surface area contributed by atoms with Crippen molar-refractivity contribution in [1.29, 1.82) is 5.26 Å². The van der Waals surface area contributed by atoms with Crippen LogP contribution < -0.4 is 10.8 Å². The smallest absolute Gasteiger partial charge is 0.323 e. The van der Waals surface area contributed by atoms with Crippen LogP contribution in [0.1, 0.15) is 66.2 Å². The molecule has 5 atom stereocenters. The molecule has 0 saturated heterocycles. The first-order valence-electron chi connectivity index (χ1n) is 13.9. The standard InChI is InChI=1S/C27H41N6O9P/c1-8-9-12-39-26(36)18(6)32-43(37)40-14-27(13-28,38-7)22(42-25(35)17(4)5)21(41-24(34)16(2)3)19-10-11-20-23(29)30-15-31-33(19)20/h10-11,15-18,21-22,43H,8-9,12,14H2,1-7H3,(H,32,37)(H2,29,30,31)/t18-,21-,22-,27+/m0/s1. The van der Waals surface area contributed by atoms with E-state index < -0.39 is 68.4 Å². The number of nitrogens with two attached hydrogens (primary N) is 1. The van der Waals surface area contributed by atoms with E-state index in [4.69, 9.17) is 29.2 Å². The fourth-order valence-electron chi connectivity index (χ4n) is 3.68. The number of carbonyl (C=O) groups excluding carboxylic acids is 3. The number of esters is 3. The summed E-state index contributed by atoms with van der Waals surface area (Å²) in [6.45, 7) is 9.27. The van der Waals surface area contributed by atoms with Crippen molar-refractivity contribution in [2.75, 3.05) is 26.1 Å². The van der Waals surface area contributed by atoms with Gasteiger partial charge in [0.15, 0.2) is 18.0 Å². The first kappa shape index (κ1) is 35.6. The van der Waals surface area contributed by atoms with Crippen LogP contribution in [0.15, 0.2) is 18.5 Å². The number of aromatic nitrogens is 3. The summed E-state index contributed by atoms with van der Waals surface area (Å²) in [5, 5.41) is 17.1. The topological polar surface area (TPSA) is 206 Å². The number of rotatable bonds is 17. The van der Waals surface area contributed by atoms with Gasteiger partial charge < -0.3 is 29.2 Å². The highest BCUT2D eigenvalue weighted by Gasteiger charge is 2.51. The van der Waals surface area contributed by atoms with Crippen molar-refractivity contribution in [1.82, 2.24) is 19.7 Å². The Labute approximate surface area is 251 Å². The molecule has 0 aliphatic rings. The molecule has 15 nitrogen and oxygen atoms in total. The largest absolute Gasteiger partial charge is 0.465 e. The van der Waals surface area contributed by atoms with Crippen LogP contribution in [0, 0.1) is 23.2 Å². The summed E-state index contributed by atoms with van der Waals surface area (Å²) in [7, 11) is -2.00. The molecule has 16 heteroatoms. The summed E-state index contributed by atoms with van der Waals surface area (Å²) in [6.07, 6.45) is -0.429. The van der Waals surface area contributed by atoms with Gasteiger partial charge in [-0.3, -0.25) is 18.9 Å². The maximum atomic E-state index is 13.0. The predicted molar refractivity (Wildman–Crippen MR) is 155 cm³/mol. The third-order valence-corrected chi connectivity index (χ3v) is 7.44. The summed E-state index contributed by atoms with van der Waals surface area (Å²) in [5.41, 5.74) is 4.38. The molecule has 43 heavy (non-hydrogen) atoms. The van der Waals surface area contributed by atoms with E-state index in [1.807, 2.05) is 13.0 Å². The van der Waals surface area contributed by atoms with Crippen molar-refractivity contribution in [3.8, 4) is 6.07 Å². The number of hydrogen-bond acceptors (Lipinski definition) is 13. The maximum absolute atomic E-state index is 13.0. The van der Waals surface area contributed by atoms with E-state index in [-0.39, 0.29) is 18.1 Å². The lowest BCUT2D eigenvalue weighted by Crippen LogP contribution is -2.53. The minimum Gasteiger partial charge on any atom is -0.465 e. The molecular weight excluding hydrogens is 583 g/mol. The van der Waals surface area contributed by atoms with Crippen LogP contribution in [0.3, 0.4) is 0 Å². The number of anilines is 1. The molecule has 1 unspecified atom stereocenters. The van der Waals surface area contributed by atoms with E-state index >= 15 is 0 Å². The minimum atomic E-state index is -3.17. The Morgan fingerprint density at radius 1 is 1.12 bits per heavy atom. The second kappa shape index (κ2) is 16.3.